The molecular formula is C16H24ClN3O2S. The zero-order valence-corrected chi connectivity index (χ0v) is 14.9. The SMILES string of the molecule is CNCC1CCCN(C(=O)c2ccccc2SCC(N)=O)C1.Cl. The summed E-state index contributed by atoms with van der Waals surface area (Å²) in [6.07, 6.45) is 2.19. The third-order valence-electron chi connectivity index (χ3n) is 3.79. The third-order valence-corrected chi connectivity index (χ3v) is 4.88. The quantitative estimate of drug-likeness (QED) is 0.761. The number of piperidine rings is 1. The van der Waals surface area contributed by atoms with Gasteiger partial charge >= 0.3 is 0 Å². The molecule has 0 radical (unpaired) electrons. The standard InChI is InChI=1S/C16H23N3O2S.ClH/c1-18-9-12-5-4-8-19(10-12)16(21)13-6-2-3-7-14(13)22-11-15(17)20;/h2-3,6-7,12,18H,4-5,8-11H2,1H3,(H2,17,20);1H. The van der Waals surface area contributed by atoms with Crippen molar-refractivity contribution in [1.82, 2.24) is 10.2 Å². The van der Waals surface area contributed by atoms with E-state index in [0.29, 0.717) is 11.5 Å². The van der Waals surface area contributed by atoms with Crippen LogP contribution >= 0.6 is 24.2 Å². The topological polar surface area (TPSA) is 75.4 Å². The Labute approximate surface area is 147 Å². The van der Waals surface area contributed by atoms with Crippen LogP contribution in [0, 0.1) is 5.92 Å². The number of halogens is 1. The highest BCUT2D eigenvalue weighted by molar-refractivity contribution is 8.00. The number of carbonyl (C=O) groups is 2. The van der Waals surface area contributed by atoms with Gasteiger partial charge in [-0.05, 0) is 44.5 Å². The molecule has 1 atom stereocenters. The predicted octanol–water partition coefficient (Wildman–Crippen LogP) is 1.76. The molecule has 1 unspecified atom stereocenters. The number of nitrogens with two attached hydrogens (primary N) is 1. The van der Waals surface area contributed by atoms with Crippen molar-refractivity contribution in [3.63, 3.8) is 0 Å². The normalized spacial score (nSPS) is 17.4. The van der Waals surface area contributed by atoms with Crippen LogP contribution in [-0.2, 0) is 4.79 Å². The van der Waals surface area contributed by atoms with Gasteiger partial charge in [-0.15, -0.1) is 24.2 Å². The van der Waals surface area contributed by atoms with Crippen LogP contribution in [0.5, 0.6) is 0 Å². The van der Waals surface area contributed by atoms with E-state index in [4.69, 9.17) is 5.73 Å². The molecule has 2 rings (SSSR count). The summed E-state index contributed by atoms with van der Waals surface area (Å²) in [4.78, 5) is 26.5. The van der Waals surface area contributed by atoms with Crippen molar-refractivity contribution in [2.45, 2.75) is 17.7 Å². The number of thioether (sulfide) groups is 1. The fraction of sp³-hybridized carbons (Fsp3) is 0.500. The largest absolute Gasteiger partial charge is 0.369 e. The first-order valence-corrected chi connectivity index (χ1v) is 8.54. The maximum atomic E-state index is 12.8. The van der Waals surface area contributed by atoms with Gasteiger partial charge in [0.05, 0.1) is 11.3 Å². The molecule has 3 N–H and O–H groups in total. The lowest BCUT2D eigenvalue weighted by atomic mass is 9.97. The van der Waals surface area contributed by atoms with E-state index in [0.717, 1.165) is 37.4 Å². The second-order valence-corrected chi connectivity index (χ2v) is 6.59. The third kappa shape index (κ3) is 5.71. The highest BCUT2D eigenvalue weighted by Crippen LogP contribution is 2.25. The lowest BCUT2D eigenvalue weighted by molar-refractivity contribution is -0.115. The lowest BCUT2D eigenvalue weighted by Gasteiger charge is -2.33. The van der Waals surface area contributed by atoms with Crippen LogP contribution in [0.2, 0.25) is 0 Å². The van der Waals surface area contributed by atoms with E-state index in [-0.39, 0.29) is 30.0 Å². The molecule has 128 valence electrons. The molecule has 1 aliphatic rings. The molecule has 0 aliphatic carbocycles. The summed E-state index contributed by atoms with van der Waals surface area (Å²) in [6, 6.07) is 7.43. The van der Waals surface area contributed by atoms with Gasteiger partial charge in [0.2, 0.25) is 5.91 Å². The Morgan fingerprint density at radius 2 is 2.13 bits per heavy atom. The van der Waals surface area contributed by atoms with E-state index in [2.05, 4.69) is 5.32 Å². The van der Waals surface area contributed by atoms with Gasteiger partial charge in [-0.2, -0.15) is 0 Å². The van der Waals surface area contributed by atoms with E-state index >= 15 is 0 Å². The minimum atomic E-state index is -0.376. The molecule has 1 saturated heterocycles. The summed E-state index contributed by atoms with van der Waals surface area (Å²) in [7, 11) is 1.94. The predicted molar refractivity (Wildman–Crippen MR) is 96.2 cm³/mol. The molecular weight excluding hydrogens is 334 g/mol. The van der Waals surface area contributed by atoms with Gasteiger partial charge in [0.15, 0.2) is 0 Å². The van der Waals surface area contributed by atoms with Crippen LogP contribution in [0.4, 0.5) is 0 Å². The van der Waals surface area contributed by atoms with Crippen molar-refractivity contribution in [3.05, 3.63) is 29.8 Å². The Bertz CT molecular complexity index is 540. The zero-order valence-electron chi connectivity index (χ0n) is 13.3. The average Bonchev–Trinajstić information content (AvgIpc) is 2.53. The van der Waals surface area contributed by atoms with Gasteiger partial charge in [0, 0.05) is 18.0 Å². The number of hydrogen-bond acceptors (Lipinski definition) is 4. The molecule has 2 amide bonds. The van der Waals surface area contributed by atoms with Crippen molar-refractivity contribution >= 4 is 36.0 Å². The highest BCUT2D eigenvalue weighted by atomic mass is 35.5. The van der Waals surface area contributed by atoms with Gasteiger partial charge in [0.25, 0.3) is 5.91 Å². The first-order chi connectivity index (χ1) is 10.6. The van der Waals surface area contributed by atoms with E-state index in [1.54, 1.807) is 0 Å². The number of rotatable bonds is 6. The summed E-state index contributed by atoms with van der Waals surface area (Å²) in [5, 5.41) is 3.19. The first-order valence-electron chi connectivity index (χ1n) is 7.55. The summed E-state index contributed by atoms with van der Waals surface area (Å²) in [6.45, 7) is 2.52. The summed E-state index contributed by atoms with van der Waals surface area (Å²) in [5.74, 6) is 0.368. The van der Waals surface area contributed by atoms with Crippen LogP contribution in [0.15, 0.2) is 29.2 Å². The zero-order chi connectivity index (χ0) is 15.9. The molecule has 7 heteroatoms. The second-order valence-electron chi connectivity index (χ2n) is 5.57. The molecule has 23 heavy (non-hydrogen) atoms. The molecule has 1 fully saturated rings. The van der Waals surface area contributed by atoms with E-state index in [1.165, 1.54) is 11.8 Å². The molecule has 5 nitrogen and oxygen atoms in total. The van der Waals surface area contributed by atoms with E-state index in [9.17, 15) is 9.59 Å². The Kier molecular flexibility index (Phi) is 8.44. The summed E-state index contributed by atoms with van der Waals surface area (Å²) in [5.41, 5.74) is 5.86. The minimum Gasteiger partial charge on any atom is -0.369 e. The van der Waals surface area contributed by atoms with Crippen molar-refractivity contribution in [2.24, 2.45) is 11.7 Å². The van der Waals surface area contributed by atoms with E-state index < -0.39 is 0 Å². The van der Waals surface area contributed by atoms with Crippen LogP contribution in [0.3, 0.4) is 0 Å². The molecule has 0 spiro atoms. The van der Waals surface area contributed by atoms with Gasteiger partial charge in [-0.1, -0.05) is 12.1 Å². The summed E-state index contributed by atoms with van der Waals surface area (Å²) < 4.78 is 0. The fourth-order valence-corrected chi connectivity index (χ4v) is 3.58. The number of carbonyl (C=O) groups excluding carboxylic acids is 2. The molecule has 0 aromatic heterocycles. The lowest BCUT2D eigenvalue weighted by Crippen LogP contribution is -2.42. The number of likely N-dealkylation sites (tertiary alicyclic amines) is 1. The monoisotopic (exact) mass is 357 g/mol. The average molecular weight is 358 g/mol. The van der Waals surface area contributed by atoms with Gasteiger partial charge in [-0.25, -0.2) is 0 Å². The van der Waals surface area contributed by atoms with Gasteiger partial charge in [-0.3, -0.25) is 9.59 Å². The second kappa shape index (κ2) is 9.80. The Balaban J connectivity index is 0.00000264. The van der Waals surface area contributed by atoms with Crippen LogP contribution < -0.4 is 11.1 Å². The molecule has 0 saturated carbocycles. The van der Waals surface area contributed by atoms with E-state index in [1.807, 2.05) is 36.2 Å². The molecule has 1 aromatic rings. The number of nitrogens with zero attached hydrogens (tertiary/aromatic N) is 1. The number of hydrogen-bond donors (Lipinski definition) is 2. The molecule has 0 bridgehead atoms. The van der Waals surface area contributed by atoms with Crippen LogP contribution in [0.1, 0.15) is 23.2 Å². The van der Waals surface area contributed by atoms with Crippen molar-refractivity contribution in [2.75, 3.05) is 32.4 Å². The number of nitrogens with one attached hydrogen (secondary N) is 1. The smallest absolute Gasteiger partial charge is 0.254 e. The van der Waals surface area contributed by atoms with Crippen molar-refractivity contribution in [3.8, 4) is 0 Å². The Hall–Kier alpha value is -1.24. The summed E-state index contributed by atoms with van der Waals surface area (Å²) >= 11 is 1.32. The van der Waals surface area contributed by atoms with Crippen LogP contribution in [0.25, 0.3) is 0 Å². The minimum absolute atomic E-state index is 0. The maximum Gasteiger partial charge on any atom is 0.254 e. The van der Waals surface area contributed by atoms with Crippen molar-refractivity contribution < 1.29 is 9.59 Å². The fourth-order valence-electron chi connectivity index (χ4n) is 2.79. The molecule has 1 heterocycles. The Morgan fingerprint density at radius 1 is 1.39 bits per heavy atom. The molecule has 1 aliphatic heterocycles. The number of benzene rings is 1. The maximum absolute atomic E-state index is 12.8. The Morgan fingerprint density at radius 3 is 2.83 bits per heavy atom. The number of primary amides is 1. The van der Waals surface area contributed by atoms with Crippen molar-refractivity contribution in [1.29, 1.82) is 0 Å². The van der Waals surface area contributed by atoms with Gasteiger partial charge < -0.3 is 16.0 Å². The highest BCUT2D eigenvalue weighted by Gasteiger charge is 2.25. The number of amides is 2. The first kappa shape index (κ1) is 19.8. The van der Waals surface area contributed by atoms with Gasteiger partial charge in [0.1, 0.15) is 0 Å². The molecule has 1 aromatic carbocycles. The van der Waals surface area contributed by atoms with Crippen LogP contribution in [-0.4, -0.2) is 49.1 Å².